The number of benzene rings is 1. The van der Waals surface area contributed by atoms with Gasteiger partial charge in [0.1, 0.15) is 5.75 Å². The molecule has 0 atom stereocenters. The summed E-state index contributed by atoms with van der Waals surface area (Å²) >= 11 is 0. The van der Waals surface area contributed by atoms with Crippen molar-refractivity contribution in [2.75, 3.05) is 26.2 Å². The highest BCUT2D eigenvalue weighted by Gasteiger charge is 2.19. The standard InChI is InChI=1S/C21H32N4O2.HI/c1-2-22-21(24-16-20(26)25-13-7-8-14-25)23-15-17-9-3-6-12-19(17)27-18-10-4-5-11-18;/h3,6,9,12,18H,2,4-5,7-8,10-11,13-16H2,1H3,(H2,22,23,24);1H. The topological polar surface area (TPSA) is 66.0 Å². The minimum Gasteiger partial charge on any atom is -0.490 e. The van der Waals surface area contributed by atoms with E-state index in [1.807, 2.05) is 30.0 Å². The first-order chi connectivity index (χ1) is 13.3. The number of hydrogen-bond donors (Lipinski definition) is 2. The number of nitrogens with one attached hydrogen (secondary N) is 2. The number of carbonyl (C=O) groups is 1. The Hall–Kier alpha value is -1.51. The number of likely N-dealkylation sites (tertiary alicyclic amines) is 1. The summed E-state index contributed by atoms with van der Waals surface area (Å²) < 4.78 is 6.19. The van der Waals surface area contributed by atoms with E-state index in [1.165, 1.54) is 12.8 Å². The van der Waals surface area contributed by atoms with Crippen LogP contribution >= 0.6 is 24.0 Å². The van der Waals surface area contributed by atoms with Gasteiger partial charge in [-0.05, 0) is 51.5 Å². The van der Waals surface area contributed by atoms with Crippen LogP contribution in [0, 0.1) is 0 Å². The average molecular weight is 500 g/mol. The van der Waals surface area contributed by atoms with Gasteiger partial charge in [0.05, 0.1) is 19.2 Å². The van der Waals surface area contributed by atoms with Gasteiger partial charge in [0.15, 0.2) is 5.96 Å². The lowest BCUT2D eigenvalue weighted by molar-refractivity contribution is -0.128. The third-order valence-corrected chi connectivity index (χ3v) is 5.19. The van der Waals surface area contributed by atoms with Crippen LogP contribution in [0.15, 0.2) is 29.3 Å². The summed E-state index contributed by atoms with van der Waals surface area (Å²) in [6.07, 6.45) is 7.34. The number of hydrogen-bond acceptors (Lipinski definition) is 3. The molecule has 28 heavy (non-hydrogen) atoms. The monoisotopic (exact) mass is 500 g/mol. The van der Waals surface area contributed by atoms with E-state index in [0.717, 1.165) is 56.6 Å². The summed E-state index contributed by atoms with van der Waals surface area (Å²) in [5, 5.41) is 6.39. The van der Waals surface area contributed by atoms with Crippen LogP contribution in [0.2, 0.25) is 0 Å². The maximum absolute atomic E-state index is 12.2. The summed E-state index contributed by atoms with van der Waals surface area (Å²) in [5.74, 6) is 1.74. The van der Waals surface area contributed by atoms with Gasteiger partial charge in [-0.1, -0.05) is 18.2 Å². The summed E-state index contributed by atoms with van der Waals surface area (Å²) in [5.41, 5.74) is 1.08. The number of nitrogens with zero attached hydrogens (tertiary/aromatic N) is 2. The van der Waals surface area contributed by atoms with E-state index >= 15 is 0 Å². The molecule has 156 valence electrons. The van der Waals surface area contributed by atoms with E-state index in [0.29, 0.717) is 18.6 Å². The van der Waals surface area contributed by atoms with E-state index in [2.05, 4.69) is 21.7 Å². The lowest BCUT2D eigenvalue weighted by Gasteiger charge is -2.18. The fraction of sp³-hybridized carbons (Fsp3) is 0.619. The molecule has 1 amide bonds. The van der Waals surface area contributed by atoms with Gasteiger partial charge < -0.3 is 20.3 Å². The van der Waals surface area contributed by atoms with Crippen molar-refractivity contribution in [3.05, 3.63) is 29.8 Å². The number of carbonyl (C=O) groups excluding carboxylic acids is 1. The van der Waals surface area contributed by atoms with Gasteiger partial charge in [-0.25, -0.2) is 4.99 Å². The highest BCUT2D eigenvalue weighted by molar-refractivity contribution is 14.0. The molecule has 1 aliphatic carbocycles. The van der Waals surface area contributed by atoms with Gasteiger partial charge in [0.25, 0.3) is 0 Å². The average Bonchev–Trinajstić information content (AvgIpc) is 3.39. The molecule has 6 nitrogen and oxygen atoms in total. The van der Waals surface area contributed by atoms with Crippen LogP contribution < -0.4 is 15.4 Å². The van der Waals surface area contributed by atoms with Crippen molar-refractivity contribution in [2.24, 2.45) is 4.99 Å². The molecule has 1 aromatic rings. The third-order valence-electron chi connectivity index (χ3n) is 5.19. The lowest BCUT2D eigenvalue weighted by Crippen LogP contribution is -2.44. The van der Waals surface area contributed by atoms with E-state index in [1.54, 1.807) is 0 Å². The minimum atomic E-state index is 0. The van der Waals surface area contributed by atoms with Gasteiger partial charge >= 0.3 is 0 Å². The fourth-order valence-electron chi connectivity index (χ4n) is 3.68. The van der Waals surface area contributed by atoms with Crippen LogP contribution in [0.25, 0.3) is 0 Å². The first-order valence-corrected chi connectivity index (χ1v) is 10.3. The van der Waals surface area contributed by atoms with Crippen LogP contribution in [-0.2, 0) is 11.3 Å². The largest absolute Gasteiger partial charge is 0.490 e. The van der Waals surface area contributed by atoms with E-state index in [9.17, 15) is 4.79 Å². The Labute approximate surface area is 185 Å². The lowest BCUT2D eigenvalue weighted by atomic mass is 10.2. The van der Waals surface area contributed by atoms with Gasteiger partial charge in [0, 0.05) is 25.2 Å². The van der Waals surface area contributed by atoms with E-state index in [4.69, 9.17) is 4.74 Å². The maximum atomic E-state index is 12.2. The number of halogens is 1. The normalized spacial score (nSPS) is 17.3. The number of rotatable bonds is 7. The Morgan fingerprint density at radius 2 is 1.86 bits per heavy atom. The van der Waals surface area contributed by atoms with Gasteiger partial charge in [-0.15, -0.1) is 24.0 Å². The van der Waals surface area contributed by atoms with Crippen LogP contribution in [0.5, 0.6) is 5.75 Å². The van der Waals surface area contributed by atoms with Gasteiger partial charge in [-0.3, -0.25) is 4.79 Å². The molecule has 1 aliphatic heterocycles. The predicted molar refractivity (Wildman–Crippen MR) is 123 cm³/mol. The van der Waals surface area contributed by atoms with Crippen LogP contribution in [-0.4, -0.2) is 49.0 Å². The number of aliphatic imine (C=N–C) groups is 1. The molecule has 1 aromatic carbocycles. The molecule has 2 aliphatic rings. The van der Waals surface area contributed by atoms with Crippen molar-refractivity contribution in [3.63, 3.8) is 0 Å². The fourth-order valence-corrected chi connectivity index (χ4v) is 3.68. The summed E-state index contributed by atoms with van der Waals surface area (Å²) in [7, 11) is 0. The third kappa shape index (κ3) is 6.83. The molecule has 2 fully saturated rings. The number of ether oxygens (including phenoxy) is 1. The zero-order valence-electron chi connectivity index (χ0n) is 16.8. The highest BCUT2D eigenvalue weighted by atomic mass is 127. The number of amides is 1. The Balaban J connectivity index is 0.00000280. The molecule has 1 heterocycles. The second kappa shape index (κ2) is 12.1. The molecule has 0 radical (unpaired) electrons. The summed E-state index contributed by atoms with van der Waals surface area (Å²) in [6, 6.07) is 8.12. The second-order valence-corrected chi connectivity index (χ2v) is 7.27. The predicted octanol–water partition coefficient (Wildman–Crippen LogP) is 3.30. The number of para-hydroxylation sites is 1. The van der Waals surface area contributed by atoms with Crippen LogP contribution in [0.4, 0.5) is 0 Å². The maximum Gasteiger partial charge on any atom is 0.241 e. The number of guanidine groups is 1. The summed E-state index contributed by atoms with van der Waals surface area (Å²) in [4.78, 5) is 18.8. The molecule has 7 heteroatoms. The van der Waals surface area contributed by atoms with Crippen molar-refractivity contribution in [3.8, 4) is 5.75 Å². The Bertz CT molecular complexity index is 641. The molecule has 0 unspecified atom stereocenters. The summed E-state index contributed by atoms with van der Waals surface area (Å²) in [6.45, 7) is 5.34. The molecule has 1 saturated heterocycles. The highest BCUT2D eigenvalue weighted by Crippen LogP contribution is 2.27. The Kier molecular flexibility index (Phi) is 9.87. The molecular weight excluding hydrogens is 467 g/mol. The minimum absolute atomic E-state index is 0. The van der Waals surface area contributed by atoms with Gasteiger partial charge in [0.2, 0.25) is 5.91 Å². The van der Waals surface area contributed by atoms with Crippen molar-refractivity contribution in [2.45, 2.75) is 58.1 Å². The zero-order valence-corrected chi connectivity index (χ0v) is 19.1. The first kappa shape index (κ1) is 22.8. The molecule has 2 N–H and O–H groups in total. The first-order valence-electron chi connectivity index (χ1n) is 10.3. The van der Waals surface area contributed by atoms with Crippen LogP contribution in [0.1, 0.15) is 51.0 Å². The van der Waals surface area contributed by atoms with Gasteiger partial charge in [-0.2, -0.15) is 0 Å². The van der Waals surface area contributed by atoms with Crippen molar-refractivity contribution >= 4 is 35.8 Å². The van der Waals surface area contributed by atoms with Crippen molar-refractivity contribution in [1.82, 2.24) is 15.5 Å². The molecule has 1 saturated carbocycles. The zero-order chi connectivity index (χ0) is 18.9. The van der Waals surface area contributed by atoms with Crippen molar-refractivity contribution in [1.29, 1.82) is 0 Å². The smallest absolute Gasteiger partial charge is 0.241 e. The second-order valence-electron chi connectivity index (χ2n) is 7.27. The molecule has 3 rings (SSSR count). The molecule has 0 aromatic heterocycles. The van der Waals surface area contributed by atoms with E-state index in [-0.39, 0.29) is 36.4 Å². The Morgan fingerprint density at radius 1 is 1.14 bits per heavy atom. The molecule has 0 bridgehead atoms. The van der Waals surface area contributed by atoms with Crippen molar-refractivity contribution < 1.29 is 9.53 Å². The van der Waals surface area contributed by atoms with Crippen LogP contribution in [0.3, 0.4) is 0 Å². The quantitative estimate of drug-likeness (QED) is 0.343. The Morgan fingerprint density at radius 3 is 2.57 bits per heavy atom. The molecule has 0 spiro atoms. The SMILES string of the molecule is CCNC(=NCc1ccccc1OC1CCCC1)NCC(=O)N1CCCC1.I. The molecular formula is C21H33IN4O2. The van der Waals surface area contributed by atoms with E-state index < -0.39 is 0 Å².